The Morgan fingerprint density at radius 2 is 1.68 bits per heavy atom. The van der Waals surface area contributed by atoms with Crippen LogP contribution >= 0.6 is 0 Å². The molecule has 2 amide bonds. The number of hydrogen-bond acceptors (Lipinski definition) is 5. The Morgan fingerprint density at radius 3 is 2.12 bits per heavy atom. The molecule has 1 atom stereocenters. The molecule has 0 saturated carbocycles. The van der Waals surface area contributed by atoms with Crippen LogP contribution < -0.4 is 4.90 Å². The summed E-state index contributed by atoms with van der Waals surface area (Å²) in [5, 5.41) is 8.52. The summed E-state index contributed by atoms with van der Waals surface area (Å²) in [5.74, 6) is -8.85. The minimum Gasteiger partial charge on any atom is -0.477 e. The molecular formula is C16H13F2NO6. The molecule has 1 N–H and O–H groups in total. The van der Waals surface area contributed by atoms with Crippen LogP contribution in [-0.4, -0.2) is 40.9 Å². The largest absolute Gasteiger partial charge is 0.477 e. The van der Waals surface area contributed by atoms with E-state index in [0.717, 1.165) is 17.1 Å². The number of hydrogen-bond donors (Lipinski definition) is 1. The van der Waals surface area contributed by atoms with Gasteiger partial charge in [0, 0.05) is 12.2 Å². The smallest absolute Gasteiger partial charge is 0.378 e. The molecule has 0 spiro atoms. The van der Waals surface area contributed by atoms with Crippen molar-refractivity contribution >= 4 is 29.4 Å². The molecule has 1 unspecified atom stereocenters. The average Bonchev–Trinajstić information content (AvgIpc) is 2.91. The third-order valence-corrected chi connectivity index (χ3v) is 3.48. The lowest BCUT2D eigenvalue weighted by molar-refractivity contribution is -0.182. The van der Waals surface area contributed by atoms with Gasteiger partial charge in [0.15, 0.2) is 6.10 Å². The first kappa shape index (κ1) is 18.2. The molecule has 0 bridgehead atoms. The number of anilines is 1. The van der Waals surface area contributed by atoms with Crippen molar-refractivity contribution in [3.05, 3.63) is 42.0 Å². The summed E-state index contributed by atoms with van der Waals surface area (Å²) >= 11 is 0. The van der Waals surface area contributed by atoms with E-state index in [1.807, 2.05) is 0 Å². The van der Waals surface area contributed by atoms with Crippen molar-refractivity contribution in [3.8, 4) is 0 Å². The second-order valence-corrected chi connectivity index (χ2v) is 5.12. The first-order valence-electron chi connectivity index (χ1n) is 7.16. The minimum absolute atomic E-state index is 0.129. The number of esters is 1. The van der Waals surface area contributed by atoms with Gasteiger partial charge in [0.1, 0.15) is 0 Å². The van der Waals surface area contributed by atoms with Crippen LogP contribution in [0.3, 0.4) is 0 Å². The Kier molecular flexibility index (Phi) is 4.96. The predicted molar refractivity (Wildman–Crippen MR) is 80.2 cm³/mol. The minimum atomic E-state index is -4.22. The molecule has 0 aliphatic carbocycles. The fourth-order valence-corrected chi connectivity index (χ4v) is 2.15. The normalized spacial score (nSPS) is 15.4. The van der Waals surface area contributed by atoms with Crippen LogP contribution in [0.2, 0.25) is 0 Å². The molecule has 1 heterocycles. The van der Waals surface area contributed by atoms with Crippen LogP contribution in [0.4, 0.5) is 14.5 Å². The summed E-state index contributed by atoms with van der Waals surface area (Å²) in [7, 11) is 0. The van der Waals surface area contributed by atoms with Gasteiger partial charge in [-0.3, -0.25) is 9.59 Å². The molecule has 25 heavy (non-hydrogen) atoms. The van der Waals surface area contributed by atoms with E-state index in [1.165, 1.54) is 31.2 Å². The molecule has 1 aromatic carbocycles. The Balaban J connectivity index is 2.14. The van der Waals surface area contributed by atoms with E-state index >= 15 is 0 Å². The summed E-state index contributed by atoms with van der Waals surface area (Å²) in [4.78, 5) is 46.5. The Morgan fingerprint density at radius 1 is 1.16 bits per heavy atom. The number of rotatable bonds is 6. The van der Waals surface area contributed by atoms with E-state index in [0.29, 0.717) is 0 Å². The highest BCUT2D eigenvalue weighted by Crippen LogP contribution is 2.26. The van der Waals surface area contributed by atoms with E-state index in [2.05, 4.69) is 4.74 Å². The molecule has 132 valence electrons. The molecule has 7 nitrogen and oxygen atoms in total. The van der Waals surface area contributed by atoms with Gasteiger partial charge in [0.05, 0.1) is 11.3 Å². The van der Waals surface area contributed by atoms with E-state index in [4.69, 9.17) is 5.11 Å². The first-order valence-corrected chi connectivity index (χ1v) is 7.16. The molecule has 0 radical (unpaired) electrons. The highest BCUT2D eigenvalue weighted by Gasteiger charge is 2.49. The van der Waals surface area contributed by atoms with Gasteiger partial charge in [0.2, 0.25) is 0 Å². The second-order valence-electron chi connectivity index (χ2n) is 5.12. The maximum absolute atomic E-state index is 13.5. The van der Waals surface area contributed by atoms with Crippen LogP contribution in [0.15, 0.2) is 36.4 Å². The molecule has 2 rings (SSSR count). The molecule has 1 aliphatic heterocycles. The van der Waals surface area contributed by atoms with Crippen LogP contribution in [-0.2, 0) is 19.1 Å². The Hall–Kier alpha value is -3.10. The lowest BCUT2D eigenvalue weighted by Crippen LogP contribution is -2.43. The van der Waals surface area contributed by atoms with Gasteiger partial charge in [0.25, 0.3) is 11.8 Å². The molecule has 1 aliphatic rings. The number of ether oxygens (including phenoxy) is 1. The zero-order valence-electron chi connectivity index (χ0n) is 12.9. The zero-order valence-corrected chi connectivity index (χ0v) is 12.9. The number of alkyl halides is 2. The fourth-order valence-electron chi connectivity index (χ4n) is 2.15. The van der Waals surface area contributed by atoms with Crippen LogP contribution in [0, 0.1) is 0 Å². The van der Waals surface area contributed by atoms with Crippen molar-refractivity contribution in [2.24, 2.45) is 0 Å². The monoisotopic (exact) mass is 353 g/mol. The fraction of sp³-hybridized carbons (Fsp3) is 0.250. The van der Waals surface area contributed by atoms with E-state index in [-0.39, 0.29) is 11.3 Å². The number of carbonyl (C=O) groups is 4. The van der Waals surface area contributed by atoms with Crippen LogP contribution in [0.5, 0.6) is 0 Å². The molecule has 9 heteroatoms. The van der Waals surface area contributed by atoms with Crippen molar-refractivity contribution in [2.75, 3.05) is 4.90 Å². The number of benzene rings is 1. The molecule has 1 aromatic rings. The standard InChI is InChI=1S/C16H13F2NO6/c1-2-11(16(17,18)15(23)24)25-14(22)9-3-5-10(6-4-9)19-12(20)7-8-13(19)21/h3-8,11H,2H2,1H3,(H,23,24). The first-order chi connectivity index (χ1) is 11.7. The van der Waals surface area contributed by atoms with Gasteiger partial charge in [-0.05, 0) is 30.7 Å². The van der Waals surface area contributed by atoms with E-state index in [9.17, 15) is 28.0 Å². The van der Waals surface area contributed by atoms with Crippen molar-refractivity contribution in [1.82, 2.24) is 0 Å². The van der Waals surface area contributed by atoms with Gasteiger partial charge < -0.3 is 9.84 Å². The van der Waals surface area contributed by atoms with Gasteiger partial charge in [-0.25, -0.2) is 14.5 Å². The predicted octanol–water partition coefficient (Wildman–Crippen LogP) is 1.77. The average molecular weight is 353 g/mol. The second kappa shape index (κ2) is 6.80. The van der Waals surface area contributed by atoms with Gasteiger partial charge in [-0.2, -0.15) is 8.78 Å². The molecular weight excluding hydrogens is 340 g/mol. The number of carboxylic acids is 1. The van der Waals surface area contributed by atoms with Gasteiger partial charge >= 0.3 is 17.9 Å². The van der Waals surface area contributed by atoms with Crippen molar-refractivity contribution in [1.29, 1.82) is 0 Å². The number of amides is 2. The van der Waals surface area contributed by atoms with Gasteiger partial charge in [-0.15, -0.1) is 0 Å². The quantitative estimate of drug-likeness (QED) is 0.618. The number of nitrogens with zero attached hydrogens (tertiary/aromatic N) is 1. The summed E-state index contributed by atoms with van der Waals surface area (Å²) in [6, 6.07) is 4.91. The highest BCUT2D eigenvalue weighted by atomic mass is 19.3. The van der Waals surface area contributed by atoms with Gasteiger partial charge in [-0.1, -0.05) is 6.92 Å². The zero-order chi connectivity index (χ0) is 18.8. The summed E-state index contributed by atoms with van der Waals surface area (Å²) in [5.41, 5.74) is 0.0647. The summed E-state index contributed by atoms with van der Waals surface area (Å²) < 4.78 is 31.5. The lowest BCUT2D eigenvalue weighted by Gasteiger charge is -2.22. The number of imide groups is 1. The third kappa shape index (κ3) is 3.54. The number of aliphatic carboxylic acids is 1. The Bertz CT molecular complexity index is 738. The van der Waals surface area contributed by atoms with E-state index in [1.54, 1.807) is 0 Å². The number of carbonyl (C=O) groups excluding carboxylic acids is 3. The summed E-state index contributed by atoms with van der Waals surface area (Å²) in [6.45, 7) is 1.26. The SMILES string of the molecule is CCC(OC(=O)c1ccc(N2C(=O)C=CC2=O)cc1)C(F)(F)C(=O)O. The van der Waals surface area contributed by atoms with Crippen molar-refractivity contribution in [2.45, 2.75) is 25.4 Å². The van der Waals surface area contributed by atoms with Crippen molar-refractivity contribution in [3.63, 3.8) is 0 Å². The maximum atomic E-state index is 13.5. The topological polar surface area (TPSA) is 101 Å². The molecule has 0 saturated heterocycles. The Labute approximate surface area is 140 Å². The van der Waals surface area contributed by atoms with Crippen LogP contribution in [0.25, 0.3) is 0 Å². The number of halogens is 2. The third-order valence-electron chi connectivity index (χ3n) is 3.48. The van der Waals surface area contributed by atoms with Crippen LogP contribution in [0.1, 0.15) is 23.7 Å². The van der Waals surface area contributed by atoms with E-state index < -0.39 is 42.2 Å². The maximum Gasteiger partial charge on any atom is 0.378 e. The molecule has 0 fully saturated rings. The number of carboxylic acid groups (broad SMARTS) is 1. The lowest BCUT2D eigenvalue weighted by atomic mass is 10.1. The highest BCUT2D eigenvalue weighted by molar-refractivity contribution is 6.28. The van der Waals surface area contributed by atoms with Crippen molar-refractivity contribution < 1.29 is 37.8 Å². The molecule has 0 aromatic heterocycles. The summed E-state index contributed by atoms with van der Waals surface area (Å²) in [6.07, 6.45) is -0.344.